The summed E-state index contributed by atoms with van der Waals surface area (Å²) in [6.07, 6.45) is 8.70. The molecule has 1 aliphatic heterocycles. The number of rotatable bonds is 10. The minimum absolute atomic E-state index is 0.113. The summed E-state index contributed by atoms with van der Waals surface area (Å²) in [6.45, 7) is 2.84. The van der Waals surface area contributed by atoms with Crippen molar-refractivity contribution in [3.63, 3.8) is 0 Å². The zero-order valence-electron chi connectivity index (χ0n) is 21.7. The lowest BCUT2D eigenvalue weighted by Crippen LogP contribution is -2.42. The van der Waals surface area contributed by atoms with E-state index in [1.54, 1.807) is 38.4 Å². The lowest BCUT2D eigenvalue weighted by molar-refractivity contribution is -0.122. The van der Waals surface area contributed by atoms with Gasteiger partial charge in [-0.1, -0.05) is 19.3 Å². The maximum absolute atomic E-state index is 12.8. The number of likely N-dealkylation sites (N-methyl/N-ethyl adjacent to an activating group) is 1. The van der Waals surface area contributed by atoms with Crippen LogP contribution in [0.4, 0.5) is 10.5 Å². The zero-order valence-corrected chi connectivity index (χ0v) is 21.7. The van der Waals surface area contributed by atoms with Crippen molar-refractivity contribution in [2.24, 2.45) is 5.92 Å². The third kappa shape index (κ3) is 7.65. The predicted molar refractivity (Wildman–Crippen MR) is 137 cm³/mol. The van der Waals surface area contributed by atoms with Gasteiger partial charge < -0.3 is 34.6 Å². The van der Waals surface area contributed by atoms with Crippen molar-refractivity contribution < 1.29 is 23.8 Å². The number of benzene rings is 1. The van der Waals surface area contributed by atoms with Crippen LogP contribution in [0.25, 0.3) is 0 Å². The maximum atomic E-state index is 12.8. The van der Waals surface area contributed by atoms with Gasteiger partial charge in [-0.15, -0.1) is 0 Å². The van der Waals surface area contributed by atoms with Crippen molar-refractivity contribution in [3.8, 4) is 17.2 Å². The molecule has 2 aliphatic rings. The topological polar surface area (TPSA) is 92.4 Å². The van der Waals surface area contributed by atoms with Crippen LogP contribution in [0.3, 0.4) is 0 Å². The first kappa shape index (κ1) is 26.9. The molecule has 1 saturated heterocycles. The fraction of sp³-hybridized carbons (Fsp3) is 0.692. The van der Waals surface area contributed by atoms with Gasteiger partial charge in [-0.2, -0.15) is 0 Å². The van der Waals surface area contributed by atoms with Crippen LogP contribution < -0.4 is 24.8 Å². The summed E-state index contributed by atoms with van der Waals surface area (Å²) in [4.78, 5) is 29.4. The first-order valence-electron chi connectivity index (χ1n) is 12.8. The lowest BCUT2D eigenvalue weighted by atomic mass is 9.93. The van der Waals surface area contributed by atoms with E-state index in [1.165, 1.54) is 32.1 Å². The number of anilines is 1. The van der Waals surface area contributed by atoms with Gasteiger partial charge in [0.2, 0.25) is 11.7 Å². The van der Waals surface area contributed by atoms with Crippen LogP contribution in [0.5, 0.6) is 17.2 Å². The van der Waals surface area contributed by atoms with E-state index in [4.69, 9.17) is 14.2 Å². The Labute approximate surface area is 209 Å². The lowest BCUT2D eigenvalue weighted by Gasteiger charge is -2.32. The quantitative estimate of drug-likeness (QED) is 0.519. The molecule has 0 aromatic heterocycles. The molecule has 196 valence electrons. The SMILES string of the molecule is COc1cc(NC(=O)N2CCC(CC(=O)NCCN(C)C3CCCCC3)CC2)cc(OC)c1OC. The van der Waals surface area contributed by atoms with E-state index in [0.717, 1.165) is 19.4 Å². The average Bonchev–Trinajstić information content (AvgIpc) is 2.88. The van der Waals surface area contributed by atoms with Crippen LogP contribution in [0, 0.1) is 5.92 Å². The maximum Gasteiger partial charge on any atom is 0.321 e. The van der Waals surface area contributed by atoms with Crippen LogP contribution >= 0.6 is 0 Å². The molecule has 1 aromatic carbocycles. The van der Waals surface area contributed by atoms with E-state index >= 15 is 0 Å². The van der Waals surface area contributed by atoms with E-state index in [2.05, 4.69) is 22.6 Å². The molecule has 1 heterocycles. The third-order valence-corrected chi connectivity index (χ3v) is 7.28. The number of carbonyl (C=O) groups excluding carboxylic acids is 2. The molecule has 0 spiro atoms. The Bertz CT molecular complexity index is 810. The zero-order chi connectivity index (χ0) is 25.2. The van der Waals surface area contributed by atoms with Gasteiger partial charge in [0.15, 0.2) is 11.5 Å². The molecule has 1 saturated carbocycles. The molecule has 0 radical (unpaired) electrons. The van der Waals surface area contributed by atoms with Crippen LogP contribution in [0.1, 0.15) is 51.4 Å². The standard InChI is InChI=1S/C26H42N4O5/c1-29(21-8-6-5-7-9-21)15-12-27-24(31)16-19-10-13-30(14-11-19)26(32)28-20-17-22(33-2)25(35-4)23(18-20)34-3/h17-19,21H,5-16H2,1-4H3,(H,27,31)(H,28,32). The van der Waals surface area contributed by atoms with Crippen molar-refractivity contribution in [1.29, 1.82) is 0 Å². The first-order chi connectivity index (χ1) is 16.9. The summed E-state index contributed by atoms with van der Waals surface area (Å²) >= 11 is 0. The molecule has 1 aliphatic carbocycles. The number of hydrogen-bond acceptors (Lipinski definition) is 6. The van der Waals surface area contributed by atoms with E-state index in [1.807, 2.05) is 0 Å². The normalized spacial score (nSPS) is 17.2. The van der Waals surface area contributed by atoms with Crippen molar-refractivity contribution in [2.45, 2.75) is 57.4 Å². The molecular formula is C26H42N4O5. The predicted octanol–water partition coefficient (Wildman–Crippen LogP) is 3.73. The van der Waals surface area contributed by atoms with Gasteiger partial charge in [-0.25, -0.2) is 4.79 Å². The molecule has 0 bridgehead atoms. The number of piperidine rings is 1. The third-order valence-electron chi connectivity index (χ3n) is 7.28. The molecule has 3 amide bonds. The Morgan fingerprint density at radius 1 is 0.971 bits per heavy atom. The number of urea groups is 1. The summed E-state index contributed by atoms with van der Waals surface area (Å²) in [5.41, 5.74) is 0.573. The molecule has 0 unspecified atom stereocenters. The average molecular weight is 491 g/mol. The van der Waals surface area contributed by atoms with E-state index in [9.17, 15) is 9.59 Å². The second-order valence-electron chi connectivity index (χ2n) is 9.60. The Kier molecular flexibility index (Phi) is 10.3. The monoisotopic (exact) mass is 490 g/mol. The molecule has 9 nitrogen and oxygen atoms in total. The van der Waals surface area contributed by atoms with Crippen LogP contribution in [0.2, 0.25) is 0 Å². The molecule has 3 rings (SSSR count). The molecule has 35 heavy (non-hydrogen) atoms. The highest BCUT2D eigenvalue weighted by atomic mass is 16.5. The molecular weight excluding hydrogens is 448 g/mol. The van der Waals surface area contributed by atoms with Gasteiger partial charge >= 0.3 is 6.03 Å². The number of nitrogens with one attached hydrogen (secondary N) is 2. The summed E-state index contributed by atoms with van der Waals surface area (Å²) < 4.78 is 16.1. The van der Waals surface area contributed by atoms with Gasteiger partial charge in [-0.05, 0) is 38.6 Å². The van der Waals surface area contributed by atoms with E-state index < -0.39 is 0 Å². The largest absolute Gasteiger partial charge is 0.493 e. The number of amides is 3. The van der Waals surface area contributed by atoms with Crippen molar-refractivity contribution in [1.82, 2.24) is 15.1 Å². The van der Waals surface area contributed by atoms with Crippen molar-refractivity contribution in [2.75, 3.05) is 59.9 Å². The van der Waals surface area contributed by atoms with Crippen molar-refractivity contribution in [3.05, 3.63) is 12.1 Å². The van der Waals surface area contributed by atoms with Gasteiger partial charge in [0.25, 0.3) is 0 Å². The second kappa shape index (κ2) is 13.4. The van der Waals surface area contributed by atoms with E-state index in [0.29, 0.717) is 61.0 Å². The summed E-state index contributed by atoms with van der Waals surface area (Å²) in [7, 11) is 6.79. The van der Waals surface area contributed by atoms with Gasteiger partial charge in [0.1, 0.15) is 0 Å². The molecule has 0 atom stereocenters. The minimum Gasteiger partial charge on any atom is -0.493 e. The smallest absolute Gasteiger partial charge is 0.321 e. The first-order valence-corrected chi connectivity index (χ1v) is 12.8. The number of likely N-dealkylation sites (tertiary alicyclic amines) is 1. The number of nitrogens with zero attached hydrogens (tertiary/aromatic N) is 2. The van der Waals surface area contributed by atoms with E-state index in [-0.39, 0.29) is 11.9 Å². The Morgan fingerprint density at radius 3 is 2.17 bits per heavy atom. The molecule has 2 fully saturated rings. The Morgan fingerprint density at radius 2 is 1.60 bits per heavy atom. The van der Waals surface area contributed by atoms with Gasteiger partial charge in [0.05, 0.1) is 27.0 Å². The van der Waals surface area contributed by atoms with Crippen LogP contribution in [-0.2, 0) is 4.79 Å². The molecule has 1 aromatic rings. The van der Waals surface area contributed by atoms with Gasteiger partial charge in [0, 0.05) is 50.8 Å². The van der Waals surface area contributed by atoms with Gasteiger partial charge in [-0.3, -0.25) is 4.79 Å². The number of hydrogen-bond donors (Lipinski definition) is 2. The number of ether oxygens (including phenoxy) is 3. The Hall–Kier alpha value is -2.68. The summed E-state index contributed by atoms with van der Waals surface area (Å²) in [6, 6.07) is 3.91. The van der Waals surface area contributed by atoms with Crippen molar-refractivity contribution >= 4 is 17.6 Å². The number of methoxy groups -OCH3 is 3. The van der Waals surface area contributed by atoms with Crippen LogP contribution in [-0.4, -0.2) is 82.3 Å². The Balaban J connectivity index is 1.39. The fourth-order valence-corrected chi connectivity index (χ4v) is 5.11. The molecule has 9 heteroatoms. The summed E-state index contributed by atoms with van der Waals surface area (Å²) in [5.74, 6) is 1.86. The minimum atomic E-state index is -0.173. The molecule has 2 N–H and O–H groups in total. The highest BCUT2D eigenvalue weighted by molar-refractivity contribution is 5.90. The van der Waals surface area contributed by atoms with Crippen LogP contribution in [0.15, 0.2) is 12.1 Å². The fourth-order valence-electron chi connectivity index (χ4n) is 5.11. The number of carbonyl (C=O) groups is 2. The summed E-state index contributed by atoms with van der Waals surface area (Å²) in [5, 5.41) is 6.01. The highest BCUT2D eigenvalue weighted by Crippen LogP contribution is 2.40. The second-order valence-corrected chi connectivity index (χ2v) is 9.60. The highest BCUT2D eigenvalue weighted by Gasteiger charge is 2.25.